The number of nitrogens with zero attached hydrogens (tertiary/aromatic N) is 4. The van der Waals surface area contributed by atoms with Crippen molar-refractivity contribution < 1.29 is 4.79 Å². The number of aryl methyl sites for hydroxylation is 2. The van der Waals surface area contributed by atoms with Gasteiger partial charge in [-0.25, -0.2) is 9.78 Å². The highest BCUT2D eigenvalue weighted by atomic mass is 16.2. The van der Waals surface area contributed by atoms with Crippen molar-refractivity contribution in [1.82, 2.24) is 24.8 Å². The first-order chi connectivity index (χ1) is 13.7. The van der Waals surface area contributed by atoms with E-state index >= 15 is 0 Å². The number of hydrogen-bond acceptors (Lipinski definition) is 3. The highest BCUT2D eigenvalue weighted by molar-refractivity contribution is 5.85. The topological polar surface area (TPSA) is 63.1 Å². The van der Waals surface area contributed by atoms with E-state index in [-0.39, 0.29) is 12.1 Å². The molecule has 6 heteroatoms. The van der Waals surface area contributed by atoms with Crippen LogP contribution in [-0.2, 0) is 13.1 Å². The summed E-state index contributed by atoms with van der Waals surface area (Å²) in [6.45, 7) is 4.31. The Bertz CT molecular complexity index is 937. The molecule has 0 saturated carbocycles. The van der Waals surface area contributed by atoms with Crippen LogP contribution in [0.25, 0.3) is 10.9 Å². The van der Waals surface area contributed by atoms with Gasteiger partial charge in [0.2, 0.25) is 0 Å². The number of pyridine rings is 1. The lowest BCUT2D eigenvalue weighted by Crippen LogP contribution is -2.48. The summed E-state index contributed by atoms with van der Waals surface area (Å²) in [5, 5.41) is 4.25. The maximum absolute atomic E-state index is 12.9. The summed E-state index contributed by atoms with van der Waals surface area (Å²) in [6, 6.07) is 8.51. The first kappa shape index (κ1) is 18.5. The number of amides is 2. The molecular formula is C22H27N5O. The zero-order valence-corrected chi connectivity index (χ0v) is 16.3. The fourth-order valence-corrected chi connectivity index (χ4v) is 4.08. The van der Waals surface area contributed by atoms with Crippen LogP contribution in [0.5, 0.6) is 0 Å². The summed E-state index contributed by atoms with van der Waals surface area (Å²) >= 11 is 0. The minimum absolute atomic E-state index is 0.0351. The maximum Gasteiger partial charge on any atom is 0.317 e. The standard InChI is InChI=1S/C22H27N5O/c1-17-7-8-18(20-6-4-10-24-21(17)20)15-25-22(28)27-12-3-2-5-19(27)9-13-26-14-11-23-16-26/h4,6-8,10-11,14,16,19H,2-3,5,9,12-13,15H2,1H3,(H,25,28)/t19-/m0/s1. The van der Waals surface area contributed by atoms with Crippen molar-refractivity contribution in [3.8, 4) is 0 Å². The van der Waals surface area contributed by atoms with E-state index in [1.165, 1.54) is 6.42 Å². The van der Waals surface area contributed by atoms with Gasteiger partial charge in [-0.3, -0.25) is 4.98 Å². The van der Waals surface area contributed by atoms with Gasteiger partial charge in [-0.1, -0.05) is 18.2 Å². The SMILES string of the molecule is Cc1ccc(CNC(=O)N2CCCC[C@H]2CCn2ccnc2)c2cccnc12. The van der Waals surface area contributed by atoms with Crippen LogP contribution in [0.15, 0.2) is 49.2 Å². The number of carbonyl (C=O) groups is 1. The van der Waals surface area contributed by atoms with Crippen LogP contribution in [0.4, 0.5) is 4.79 Å². The Balaban J connectivity index is 1.41. The number of hydrogen-bond donors (Lipinski definition) is 1. The Hall–Kier alpha value is -2.89. The molecule has 28 heavy (non-hydrogen) atoms. The van der Waals surface area contributed by atoms with Crippen molar-refractivity contribution in [3.05, 3.63) is 60.3 Å². The molecule has 1 aromatic carbocycles. The third-order valence-electron chi connectivity index (χ3n) is 5.66. The van der Waals surface area contributed by atoms with Gasteiger partial charge in [-0.2, -0.15) is 0 Å². The van der Waals surface area contributed by atoms with E-state index in [0.717, 1.165) is 54.4 Å². The third kappa shape index (κ3) is 4.01. The van der Waals surface area contributed by atoms with Crippen LogP contribution >= 0.6 is 0 Å². The third-order valence-corrected chi connectivity index (χ3v) is 5.66. The highest BCUT2D eigenvalue weighted by Gasteiger charge is 2.26. The van der Waals surface area contributed by atoms with E-state index in [0.29, 0.717) is 6.54 Å². The van der Waals surface area contributed by atoms with Gasteiger partial charge in [0.15, 0.2) is 0 Å². The van der Waals surface area contributed by atoms with Crippen LogP contribution in [0.1, 0.15) is 36.8 Å². The molecule has 0 radical (unpaired) electrons. The molecule has 0 unspecified atom stereocenters. The van der Waals surface area contributed by atoms with Gasteiger partial charge < -0.3 is 14.8 Å². The Kier molecular flexibility index (Phi) is 5.55. The van der Waals surface area contributed by atoms with E-state index in [1.54, 1.807) is 6.20 Å². The summed E-state index contributed by atoms with van der Waals surface area (Å²) in [4.78, 5) is 23.5. The Morgan fingerprint density at radius 1 is 1.25 bits per heavy atom. The molecule has 1 aliphatic heterocycles. The zero-order chi connectivity index (χ0) is 19.3. The molecule has 0 aliphatic carbocycles. The van der Waals surface area contributed by atoms with E-state index in [1.807, 2.05) is 29.7 Å². The van der Waals surface area contributed by atoms with Gasteiger partial charge in [0, 0.05) is 49.7 Å². The maximum atomic E-state index is 12.9. The number of carbonyl (C=O) groups excluding carboxylic acids is 1. The van der Waals surface area contributed by atoms with E-state index in [2.05, 4.69) is 45.0 Å². The normalized spacial score (nSPS) is 17.0. The van der Waals surface area contributed by atoms with E-state index < -0.39 is 0 Å². The molecule has 2 amide bonds. The number of urea groups is 1. The summed E-state index contributed by atoms with van der Waals surface area (Å²) < 4.78 is 2.08. The van der Waals surface area contributed by atoms with Crippen molar-refractivity contribution in [2.75, 3.05) is 6.54 Å². The summed E-state index contributed by atoms with van der Waals surface area (Å²) in [7, 11) is 0. The van der Waals surface area contributed by atoms with Gasteiger partial charge in [0.1, 0.15) is 0 Å². The summed E-state index contributed by atoms with van der Waals surface area (Å²) in [5.74, 6) is 0. The number of likely N-dealkylation sites (tertiary alicyclic amines) is 1. The molecule has 3 heterocycles. The van der Waals surface area contributed by atoms with Crippen LogP contribution in [0.2, 0.25) is 0 Å². The predicted molar refractivity (Wildman–Crippen MR) is 110 cm³/mol. The molecule has 0 bridgehead atoms. The van der Waals surface area contributed by atoms with Crippen LogP contribution in [-0.4, -0.2) is 38.1 Å². The van der Waals surface area contributed by atoms with E-state index in [9.17, 15) is 4.79 Å². The highest BCUT2D eigenvalue weighted by Crippen LogP contribution is 2.22. The molecule has 1 fully saturated rings. The van der Waals surface area contributed by atoms with Crippen molar-refractivity contribution in [2.45, 2.75) is 51.7 Å². The Labute approximate surface area is 165 Å². The van der Waals surface area contributed by atoms with Crippen molar-refractivity contribution in [3.63, 3.8) is 0 Å². The van der Waals surface area contributed by atoms with Gasteiger partial charge in [-0.05, 0) is 49.8 Å². The molecular weight excluding hydrogens is 350 g/mol. The number of benzene rings is 1. The molecule has 4 rings (SSSR count). The average Bonchev–Trinajstić information content (AvgIpc) is 3.26. The summed E-state index contributed by atoms with van der Waals surface area (Å²) in [6.07, 6.45) is 11.7. The molecule has 1 saturated heterocycles. The lowest BCUT2D eigenvalue weighted by atomic mass is 9.99. The number of rotatable bonds is 5. The second-order valence-electron chi connectivity index (χ2n) is 7.53. The molecule has 1 aliphatic rings. The summed E-state index contributed by atoms with van der Waals surface area (Å²) in [5.41, 5.74) is 3.26. The average molecular weight is 377 g/mol. The second kappa shape index (κ2) is 8.42. The monoisotopic (exact) mass is 377 g/mol. The minimum Gasteiger partial charge on any atom is -0.337 e. The molecule has 0 spiro atoms. The fourth-order valence-electron chi connectivity index (χ4n) is 4.08. The van der Waals surface area contributed by atoms with Gasteiger partial charge in [0.05, 0.1) is 11.8 Å². The first-order valence-corrected chi connectivity index (χ1v) is 10.1. The number of fused-ring (bicyclic) bond motifs is 1. The smallest absolute Gasteiger partial charge is 0.317 e. The first-order valence-electron chi connectivity index (χ1n) is 10.1. The number of imidazole rings is 1. The Morgan fingerprint density at radius 2 is 2.18 bits per heavy atom. The van der Waals surface area contributed by atoms with Gasteiger partial charge in [0.25, 0.3) is 0 Å². The minimum atomic E-state index is 0.0351. The number of nitrogens with one attached hydrogen (secondary N) is 1. The van der Waals surface area contributed by atoms with Crippen LogP contribution in [0, 0.1) is 6.92 Å². The van der Waals surface area contributed by atoms with Gasteiger partial charge >= 0.3 is 6.03 Å². The molecule has 1 atom stereocenters. The molecule has 1 N–H and O–H groups in total. The lowest BCUT2D eigenvalue weighted by molar-refractivity contribution is 0.143. The fraction of sp³-hybridized carbons (Fsp3) is 0.409. The Morgan fingerprint density at radius 3 is 3.04 bits per heavy atom. The van der Waals surface area contributed by atoms with Crippen LogP contribution < -0.4 is 5.32 Å². The predicted octanol–water partition coefficient (Wildman–Crippen LogP) is 3.89. The van der Waals surface area contributed by atoms with Crippen molar-refractivity contribution >= 4 is 16.9 Å². The second-order valence-corrected chi connectivity index (χ2v) is 7.53. The van der Waals surface area contributed by atoms with E-state index in [4.69, 9.17) is 0 Å². The van der Waals surface area contributed by atoms with Crippen molar-refractivity contribution in [1.29, 1.82) is 0 Å². The zero-order valence-electron chi connectivity index (χ0n) is 16.3. The molecule has 2 aromatic heterocycles. The number of piperidine rings is 1. The largest absolute Gasteiger partial charge is 0.337 e. The number of aromatic nitrogens is 3. The van der Waals surface area contributed by atoms with Crippen LogP contribution in [0.3, 0.4) is 0 Å². The van der Waals surface area contributed by atoms with Gasteiger partial charge in [-0.15, -0.1) is 0 Å². The molecule has 3 aromatic rings. The molecule has 6 nitrogen and oxygen atoms in total. The quantitative estimate of drug-likeness (QED) is 0.734. The lowest BCUT2D eigenvalue weighted by Gasteiger charge is -2.36. The van der Waals surface area contributed by atoms with Crippen molar-refractivity contribution in [2.24, 2.45) is 0 Å². The molecule has 146 valence electrons.